The van der Waals surface area contributed by atoms with Crippen LogP contribution in [0, 0.1) is 0 Å². The van der Waals surface area contributed by atoms with Crippen LogP contribution in [0.25, 0.3) is 22.5 Å². The highest BCUT2D eigenvalue weighted by Crippen LogP contribution is 2.24. The first-order chi connectivity index (χ1) is 14.1. The van der Waals surface area contributed by atoms with Crippen LogP contribution in [0.1, 0.15) is 65.9 Å². The smallest absolute Gasteiger partial charge is 0.137 e. The number of imidazole rings is 1. The van der Waals surface area contributed by atoms with Gasteiger partial charge in [-0.1, -0.05) is 84.2 Å². The van der Waals surface area contributed by atoms with Crippen molar-refractivity contribution in [1.82, 2.24) is 9.38 Å². The number of aromatic nitrogens is 2. The first-order valence-corrected chi connectivity index (χ1v) is 10.8. The normalized spacial score (nSPS) is 10.6. The van der Waals surface area contributed by atoms with Crippen LogP contribution in [0.2, 0.25) is 0 Å². The maximum atomic E-state index is 5.86. The molecule has 0 unspecified atom stereocenters. The molecule has 0 amide bonds. The molecule has 2 heterocycles. The lowest BCUT2D eigenvalue weighted by atomic mass is 10.1. The van der Waals surface area contributed by atoms with Gasteiger partial charge in [0.1, 0.15) is 5.65 Å². The Labute approximate surface area is 177 Å². The van der Waals surface area contributed by atoms with Crippen LogP contribution in [0.3, 0.4) is 0 Å². The molecule has 0 spiro atoms. The SMILES string of the molecule is C=C/C(=C\C)c1ccn2c(-c3cccc(N)c3)cnc2c1.CC.CCCCCC. The lowest BCUT2D eigenvalue weighted by Gasteiger charge is -2.06. The molecular weight excluding hydrogens is 354 g/mol. The van der Waals surface area contributed by atoms with E-state index in [1.165, 1.54) is 25.7 Å². The summed E-state index contributed by atoms with van der Waals surface area (Å²) < 4.78 is 2.06. The van der Waals surface area contributed by atoms with Crippen LogP contribution >= 0.6 is 0 Å². The number of allylic oxidation sites excluding steroid dienone is 3. The number of rotatable bonds is 6. The van der Waals surface area contributed by atoms with E-state index in [1.807, 2.05) is 69.6 Å². The van der Waals surface area contributed by atoms with E-state index in [9.17, 15) is 0 Å². The Hall–Kier alpha value is -2.81. The highest BCUT2D eigenvalue weighted by atomic mass is 15.0. The van der Waals surface area contributed by atoms with Crippen LogP contribution in [-0.4, -0.2) is 9.38 Å². The van der Waals surface area contributed by atoms with Crippen molar-refractivity contribution in [3.8, 4) is 11.3 Å². The number of hydrogen-bond donors (Lipinski definition) is 1. The molecule has 3 heteroatoms. The number of benzene rings is 1. The summed E-state index contributed by atoms with van der Waals surface area (Å²) in [6.45, 7) is 14.3. The number of fused-ring (bicyclic) bond motifs is 1. The van der Waals surface area contributed by atoms with Crippen molar-refractivity contribution in [2.75, 3.05) is 5.73 Å². The number of hydrogen-bond acceptors (Lipinski definition) is 2. The van der Waals surface area contributed by atoms with Crippen molar-refractivity contribution >= 4 is 16.9 Å². The molecule has 0 aliphatic rings. The van der Waals surface area contributed by atoms with Gasteiger partial charge in [-0.25, -0.2) is 4.98 Å². The van der Waals surface area contributed by atoms with Gasteiger partial charge in [0.2, 0.25) is 0 Å². The topological polar surface area (TPSA) is 43.3 Å². The number of nitrogen functional groups attached to an aromatic ring is 1. The molecule has 3 aromatic rings. The molecule has 0 fully saturated rings. The molecule has 0 bridgehead atoms. The molecule has 2 aromatic heterocycles. The van der Waals surface area contributed by atoms with Crippen molar-refractivity contribution in [2.24, 2.45) is 0 Å². The summed E-state index contributed by atoms with van der Waals surface area (Å²) in [7, 11) is 0. The summed E-state index contributed by atoms with van der Waals surface area (Å²) in [5, 5.41) is 0. The van der Waals surface area contributed by atoms with Crippen LogP contribution < -0.4 is 5.73 Å². The van der Waals surface area contributed by atoms with Gasteiger partial charge in [-0.2, -0.15) is 0 Å². The summed E-state index contributed by atoms with van der Waals surface area (Å²) in [5.74, 6) is 0. The van der Waals surface area contributed by atoms with E-state index in [2.05, 4.69) is 41.9 Å². The van der Waals surface area contributed by atoms with Gasteiger partial charge in [0.25, 0.3) is 0 Å². The first kappa shape index (κ1) is 24.2. The van der Waals surface area contributed by atoms with Crippen molar-refractivity contribution in [3.05, 3.63) is 73.1 Å². The maximum Gasteiger partial charge on any atom is 0.137 e. The summed E-state index contributed by atoms with van der Waals surface area (Å²) in [4.78, 5) is 4.50. The Kier molecular flexibility index (Phi) is 11.2. The third-order valence-electron chi connectivity index (χ3n) is 4.52. The van der Waals surface area contributed by atoms with E-state index >= 15 is 0 Å². The fourth-order valence-corrected chi connectivity index (χ4v) is 2.97. The Morgan fingerprint density at radius 3 is 2.34 bits per heavy atom. The van der Waals surface area contributed by atoms with E-state index in [0.717, 1.165) is 33.7 Å². The van der Waals surface area contributed by atoms with Crippen LogP contribution in [0.5, 0.6) is 0 Å². The van der Waals surface area contributed by atoms with Crippen LogP contribution in [-0.2, 0) is 0 Å². The highest BCUT2D eigenvalue weighted by molar-refractivity contribution is 5.76. The van der Waals surface area contributed by atoms with Crippen molar-refractivity contribution in [3.63, 3.8) is 0 Å². The molecule has 0 radical (unpaired) electrons. The summed E-state index contributed by atoms with van der Waals surface area (Å²) in [5.41, 5.74) is 11.8. The maximum absolute atomic E-state index is 5.86. The quantitative estimate of drug-likeness (QED) is 0.265. The second-order valence-corrected chi connectivity index (χ2v) is 6.57. The minimum atomic E-state index is 0.752. The molecule has 156 valence electrons. The first-order valence-electron chi connectivity index (χ1n) is 10.8. The van der Waals surface area contributed by atoms with Gasteiger partial charge >= 0.3 is 0 Å². The zero-order valence-corrected chi connectivity index (χ0v) is 18.8. The molecule has 0 aliphatic carbocycles. The summed E-state index contributed by atoms with van der Waals surface area (Å²) >= 11 is 0. The predicted octanol–water partition coefficient (Wildman–Crippen LogP) is 7.79. The standard InChI is InChI=1S/C18H17N3.C6H14.C2H6/c1-3-13(4-2)14-8-9-21-17(12-20-18(21)11-14)15-6-5-7-16(19)10-15;1-3-5-6-4-2;1-2/h3-12H,1,19H2,2H3;3-6H2,1-2H3;1-2H3/b13-4+;;. The highest BCUT2D eigenvalue weighted by Gasteiger charge is 2.07. The van der Waals surface area contributed by atoms with Crippen LogP contribution in [0.15, 0.2) is 67.5 Å². The largest absolute Gasteiger partial charge is 0.399 e. The number of unbranched alkanes of at least 4 members (excludes halogenated alkanes) is 3. The van der Waals surface area contributed by atoms with E-state index in [-0.39, 0.29) is 0 Å². The van der Waals surface area contributed by atoms with Gasteiger partial charge in [-0.15, -0.1) is 0 Å². The van der Waals surface area contributed by atoms with E-state index in [0.29, 0.717) is 0 Å². The van der Waals surface area contributed by atoms with Gasteiger partial charge in [-0.05, 0) is 42.3 Å². The zero-order chi connectivity index (χ0) is 21.6. The lowest BCUT2D eigenvalue weighted by molar-refractivity contribution is 0.702. The fourth-order valence-electron chi connectivity index (χ4n) is 2.97. The number of anilines is 1. The van der Waals surface area contributed by atoms with Gasteiger partial charge in [0, 0.05) is 17.4 Å². The number of pyridine rings is 1. The van der Waals surface area contributed by atoms with Gasteiger partial charge in [0.05, 0.1) is 11.9 Å². The average molecular weight is 392 g/mol. The lowest BCUT2D eigenvalue weighted by Crippen LogP contribution is -1.91. The molecule has 3 rings (SSSR count). The molecule has 1 aromatic carbocycles. The second kappa shape index (κ2) is 13.4. The van der Waals surface area contributed by atoms with Crippen LogP contribution in [0.4, 0.5) is 5.69 Å². The van der Waals surface area contributed by atoms with Gasteiger partial charge in [-0.3, -0.25) is 4.40 Å². The number of nitrogens with two attached hydrogens (primary N) is 1. The molecule has 0 atom stereocenters. The van der Waals surface area contributed by atoms with Gasteiger partial charge in [0.15, 0.2) is 0 Å². The van der Waals surface area contributed by atoms with E-state index in [1.54, 1.807) is 0 Å². The van der Waals surface area contributed by atoms with Gasteiger partial charge < -0.3 is 5.73 Å². The Morgan fingerprint density at radius 1 is 1.10 bits per heavy atom. The van der Waals surface area contributed by atoms with E-state index in [4.69, 9.17) is 5.73 Å². The third kappa shape index (κ3) is 6.94. The van der Waals surface area contributed by atoms with Crippen molar-refractivity contribution < 1.29 is 0 Å². The molecule has 0 saturated heterocycles. The van der Waals surface area contributed by atoms with Crippen molar-refractivity contribution in [2.45, 2.75) is 60.3 Å². The molecule has 3 nitrogen and oxygen atoms in total. The monoisotopic (exact) mass is 391 g/mol. The minimum Gasteiger partial charge on any atom is -0.399 e. The molecule has 29 heavy (non-hydrogen) atoms. The summed E-state index contributed by atoms with van der Waals surface area (Å²) in [6.07, 6.45) is 13.3. The molecular formula is C26H37N3. The molecule has 0 saturated carbocycles. The molecule has 0 aliphatic heterocycles. The summed E-state index contributed by atoms with van der Waals surface area (Å²) in [6, 6.07) is 12.0. The Balaban J connectivity index is 0.000000454. The van der Waals surface area contributed by atoms with E-state index < -0.39 is 0 Å². The predicted molar refractivity (Wildman–Crippen MR) is 130 cm³/mol. The third-order valence-corrected chi connectivity index (χ3v) is 4.52. The second-order valence-electron chi connectivity index (χ2n) is 6.57. The Morgan fingerprint density at radius 2 is 1.79 bits per heavy atom. The van der Waals surface area contributed by atoms with Crippen molar-refractivity contribution in [1.29, 1.82) is 0 Å². The molecule has 2 N–H and O–H groups in total. The average Bonchev–Trinajstić information content (AvgIpc) is 3.18. The zero-order valence-electron chi connectivity index (χ0n) is 18.8. The minimum absolute atomic E-state index is 0.752. The Bertz CT molecular complexity index is 899. The fraction of sp³-hybridized carbons (Fsp3) is 0.346. The number of nitrogens with zero attached hydrogens (tertiary/aromatic N) is 2.